The third-order valence-electron chi connectivity index (χ3n) is 4.03. The van der Waals surface area contributed by atoms with Gasteiger partial charge in [-0.05, 0) is 45.8 Å². The summed E-state index contributed by atoms with van der Waals surface area (Å²) < 4.78 is 13.6. The zero-order valence-electron chi connectivity index (χ0n) is 15.5. The largest absolute Gasteiger partial charge is 0.493 e. The van der Waals surface area contributed by atoms with E-state index in [1.807, 2.05) is 47.1 Å². The molecular weight excluding hydrogens is 410 g/mol. The summed E-state index contributed by atoms with van der Waals surface area (Å²) in [6, 6.07) is 9.77. The standard InChI is InChI=1S/C19H22BrN5O2/c1-21-19(22-9-13-4-6-16(26-2)17(8-13)27-3)23-10-15-12-25-11-14(20)5-7-18(25)24-15/h4-8,11-12H,9-10H2,1-3H3,(H2,21,22,23). The van der Waals surface area contributed by atoms with Crippen LogP contribution in [0.2, 0.25) is 0 Å². The van der Waals surface area contributed by atoms with Crippen LogP contribution in [0.5, 0.6) is 11.5 Å². The molecule has 2 N–H and O–H groups in total. The number of nitrogens with zero attached hydrogens (tertiary/aromatic N) is 3. The van der Waals surface area contributed by atoms with Crippen molar-refractivity contribution in [2.45, 2.75) is 13.1 Å². The number of rotatable bonds is 6. The van der Waals surface area contributed by atoms with Gasteiger partial charge in [0.2, 0.25) is 0 Å². The van der Waals surface area contributed by atoms with Gasteiger partial charge in [-0.1, -0.05) is 6.07 Å². The average Bonchev–Trinajstić information content (AvgIpc) is 3.09. The molecule has 2 heterocycles. The van der Waals surface area contributed by atoms with Crippen LogP contribution in [0.25, 0.3) is 5.65 Å². The van der Waals surface area contributed by atoms with E-state index in [-0.39, 0.29) is 0 Å². The monoisotopic (exact) mass is 431 g/mol. The predicted molar refractivity (Wildman–Crippen MR) is 109 cm³/mol. The van der Waals surface area contributed by atoms with Crippen LogP contribution in [0.4, 0.5) is 0 Å². The van der Waals surface area contributed by atoms with Gasteiger partial charge in [0.25, 0.3) is 0 Å². The summed E-state index contributed by atoms with van der Waals surface area (Å²) >= 11 is 3.47. The van der Waals surface area contributed by atoms with Crippen molar-refractivity contribution in [3.8, 4) is 11.5 Å². The first-order valence-corrected chi connectivity index (χ1v) is 9.21. The third-order valence-corrected chi connectivity index (χ3v) is 4.50. The van der Waals surface area contributed by atoms with Crippen molar-refractivity contribution < 1.29 is 9.47 Å². The molecule has 0 fully saturated rings. The highest BCUT2D eigenvalue weighted by Gasteiger charge is 2.06. The fourth-order valence-electron chi connectivity index (χ4n) is 2.67. The van der Waals surface area contributed by atoms with Crippen molar-refractivity contribution in [3.05, 3.63) is 58.5 Å². The number of hydrogen-bond donors (Lipinski definition) is 2. The normalized spacial score (nSPS) is 11.5. The van der Waals surface area contributed by atoms with Gasteiger partial charge in [-0.25, -0.2) is 4.98 Å². The number of halogens is 1. The van der Waals surface area contributed by atoms with Crippen molar-refractivity contribution >= 4 is 27.5 Å². The van der Waals surface area contributed by atoms with Gasteiger partial charge in [-0.2, -0.15) is 0 Å². The molecule has 3 rings (SSSR count). The highest BCUT2D eigenvalue weighted by atomic mass is 79.9. The zero-order chi connectivity index (χ0) is 19.2. The molecule has 0 aliphatic rings. The Bertz CT molecular complexity index is 954. The summed E-state index contributed by atoms with van der Waals surface area (Å²) in [4.78, 5) is 8.85. The van der Waals surface area contributed by atoms with Crippen molar-refractivity contribution in [3.63, 3.8) is 0 Å². The fraction of sp³-hybridized carbons (Fsp3) is 0.263. The summed E-state index contributed by atoms with van der Waals surface area (Å²) in [5.41, 5.74) is 2.90. The Morgan fingerprint density at radius 1 is 1.07 bits per heavy atom. The third kappa shape index (κ3) is 4.71. The Balaban J connectivity index is 1.59. The molecule has 0 bridgehead atoms. The van der Waals surface area contributed by atoms with Crippen LogP contribution in [-0.4, -0.2) is 36.6 Å². The molecular formula is C19H22BrN5O2. The summed E-state index contributed by atoms with van der Waals surface area (Å²) in [6.07, 6.45) is 3.98. The van der Waals surface area contributed by atoms with Crippen molar-refractivity contribution in [2.75, 3.05) is 21.3 Å². The van der Waals surface area contributed by atoms with Crippen molar-refractivity contribution in [2.24, 2.45) is 4.99 Å². The Kier molecular flexibility index (Phi) is 6.18. The van der Waals surface area contributed by atoms with Crippen LogP contribution < -0.4 is 20.1 Å². The molecule has 27 heavy (non-hydrogen) atoms. The summed E-state index contributed by atoms with van der Waals surface area (Å²) in [6.45, 7) is 1.18. The summed E-state index contributed by atoms with van der Waals surface area (Å²) in [5.74, 6) is 2.11. The lowest BCUT2D eigenvalue weighted by Crippen LogP contribution is -2.36. The van der Waals surface area contributed by atoms with E-state index in [9.17, 15) is 0 Å². The molecule has 0 amide bonds. The smallest absolute Gasteiger partial charge is 0.191 e. The van der Waals surface area contributed by atoms with Crippen LogP contribution in [-0.2, 0) is 13.1 Å². The first kappa shape index (κ1) is 19.0. The van der Waals surface area contributed by atoms with Gasteiger partial charge in [-0.15, -0.1) is 0 Å². The number of aromatic nitrogens is 2. The molecule has 0 aliphatic heterocycles. The van der Waals surface area contributed by atoms with Crippen molar-refractivity contribution in [1.82, 2.24) is 20.0 Å². The van der Waals surface area contributed by atoms with Crippen LogP contribution in [0, 0.1) is 0 Å². The fourth-order valence-corrected chi connectivity index (χ4v) is 3.03. The van der Waals surface area contributed by atoms with E-state index in [1.54, 1.807) is 21.3 Å². The molecule has 0 spiro atoms. The lowest BCUT2D eigenvalue weighted by molar-refractivity contribution is 0.354. The molecule has 0 unspecified atom stereocenters. The lowest BCUT2D eigenvalue weighted by atomic mass is 10.2. The van der Waals surface area contributed by atoms with E-state index >= 15 is 0 Å². The maximum Gasteiger partial charge on any atom is 0.191 e. The number of ether oxygens (including phenoxy) is 2. The van der Waals surface area contributed by atoms with E-state index in [0.29, 0.717) is 30.5 Å². The van der Waals surface area contributed by atoms with Gasteiger partial charge >= 0.3 is 0 Å². The van der Waals surface area contributed by atoms with Crippen LogP contribution >= 0.6 is 15.9 Å². The molecule has 0 radical (unpaired) electrons. The molecule has 0 saturated carbocycles. The zero-order valence-corrected chi connectivity index (χ0v) is 17.1. The van der Waals surface area contributed by atoms with Crippen LogP contribution in [0.1, 0.15) is 11.3 Å². The Morgan fingerprint density at radius 2 is 1.85 bits per heavy atom. The van der Waals surface area contributed by atoms with E-state index in [2.05, 4.69) is 36.5 Å². The maximum atomic E-state index is 5.34. The first-order chi connectivity index (χ1) is 13.1. The van der Waals surface area contributed by atoms with E-state index in [0.717, 1.165) is 21.4 Å². The number of benzene rings is 1. The molecule has 0 saturated heterocycles. The van der Waals surface area contributed by atoms with Gasteiger partial charge < -0.3 is 24.5 Å². The molecule has 0 atom stereocenters. The lowest BCUT2D eigenvalue weighted by Gasteiger charge is -2.13. The maximum absolute atomic E-state index is 5.34. The molecule has 1 aromatic carbocycles. The number of fused-ring (bicyclic) bond motifs is 1. The van der Waals surface area contributed by atoms with Crippen molar-refractivity contribution in [1.29, 1.82) is 0 Å². The summed E-state index contributed by atoms with van der Waals surface area (Å²) in [5, 5.41) is 6.57. The number of methoxy groups -OCH3 is 2. The molecule has 2 aromatic heterocycles. The number of nitrogens with one attached hydrogen (secondary N) is 2. The molecule has 3 aromatic rings. The minimum atomic E-state index is 0.574. The van der Waals surface area contributed by atoms with Crippen LogP contribution in [0.15, 0.2) is 52.2 Å². The average molecular weight is 432 g/mol. The van der Waals surface area contributed by atoms with Gasteiger partial charge in [0, 0.05) is 30.5 Å². The van der Waals surface area contributed by atoms with Gasteiger partial charge in [0.05, 0.1) is 26.5 Å². The highest BCUT2D eigenvalue weighted by Crippen LogP contribution is 2.27. The Hall–Kier alpha value is -2.74. The molecule has 8 heteroatoms. The second kappa shape index (κ2) is 8.77. The number of pyridine rings is 1. The number of guanidine groups is 1. The first-order valence-electron chi connectivity index (χ1n) is 8.41. The SMILES string of the molecule is CN=C(NCc1ccc(OC)c(OC)c1)NCc1cn2cc(Br)ccc2n1. The topological polar surface area (TPSA) is 72.2 Å². The molecule has 142 valence electrons. The Labute approximate surface area is 166 Å². The number of aliphatic imine (C=N–C) groups is 1. The Morgan fingerprint density at radius 3 is 2.59 bits per heavy atom. The second-order valence-corrected chi connectivity index (χ2v) is 6.73. The minimum absolute atomic E-state index is 0.574. The van der Waals surface area contributed by atoms with Gasteiger partial charge in [0.15, 0.2) is 17.5 Å². The van der Waals surface area contributed by atoms with E-state index in [1.165, 1.54) is 0 Å². The van der Waals surface area contributed by atoms with E-state index in [4.69, 9.17) is 9.47 Å². The number of imidazole rings is 1. The van der Waals surface area contributed by atoms with Crippen LogP contribution in [0.3, 0.4) is 0 Å². The quantitative estimate of drug-likeness (QED) is 0.463. The molecule has 0 aliphatic carbocycles. The van der Waals surface area contributed by atoms with Gasteiger partial charge in [0.1, 0.15) is 5.65 Å². The van der Waals surface area contributed by atoms with Gasteiger partial charge in [-0.3, -0.25) is 4.99 Å². The summed E-state index contributed by atoms with van der Waals surface area (Å²) in [7, 11) is 4.99. The number of hydrogen-bond acceptors (Lipinski definition) is 4. The highest BCUT2D eigenvalue weighted by molar-refractivity contribution is 9.10. The predicted octanol–water partition coefficient (Wildman–Crippen LogP) is 2.98. The second-order valence-electron chi connectivity index (χ2n) is 5.81. The van der Waals surface area contributed by atoms with E-state index < -0.39 is 0 Å². The minimum Gasteiger partial charge on any atom is -0.493 e. The molecule has 7 nitrogen and oxygen atoms in total.